The molecule has 1 fully saturated rings. The highest BCUT2D eigenvalue weighted by Crippen LogP contribution is 2.16. The monoisotopic (exact) mass is 347 g/mol. The minimum atomic E-state index is -0.268. The van der Waals surface area contributed by atoms with Crippen molar-refractivity contribution < 1.29 is 14.3 Å². The lowest BCUT2D eigenvalue weighted by atomic mass is 10.00. The van der Waals surface area contributed by atoms with E-state index in [-0.39, 0.29) is 18.2 Å². The average molecular weight is 347 g/mol. The van der Waals surface area contributed by atoms with E-state index in [2.05, 4.69) is 43.5 Å². The predicted molar refractivity (Wildman–Crippen MR) is 97.6 cm³/mol. The Labute approximate surface area is 149 Å². The van der Waals surface area contributed by atoms with E-state index < -0.39 is 0 Å². The molecule has 1 aromatic carbocycles. The summed E-state index contributed by atoms with van der Waals surface area (Å²) < 4.78 is 5.00. The smallest absolute Gasteiger partial charge is 0.409 e. The van der Waals surface area contributed by atoms with E-state index in [1.807, 2.05) is 0 Å². The fraction of sp³-hybridized carbons (Fsp3) is 0.579. The molecule has 1 aromatic rings. The second kappa shape index (κ2) is 8.74. The molecule has 2 rings (SSSR count). The number of hydrogen-bond acceptors (Lipinski definition) is 3. The normalized spacial score (nSPS) is 15.0. The Kier molecular flexibility index (Phi) is 6.67. The standard InChI is InChI=1S/C19H29N3O3/c1-5-25-19(24)22-8-6-16(7-9-22)21-18(23)20-12-17-14(3)10-13(2)11-15(17)4/h10-11,16H,5-9,12H2,1-4H3,(H2,20,21,23). The molecule has 1 aliphatic heterocycles. The molecule has 2 N–H and O–H groups in total. The maximum atomic E-state index is 12.2. The Morgan fingerprint density at radius 1 is 1.16 bits per heavy atom. The molecule has 1 heterocycles. The van der Waals surface area contributed by atoms with Crippen LogP contribution in [-0.2, 0) is 11.3 Å². The van der Waals surface area contributed by atoms with Gasteiger partial charge in [0.2, 0.25) is 0 Å². The first kappa shape index (κ1) is 19.1. The quantitative estimate of drug-likeness (QED) is 0.879. The van der Waals surface area contributed by atoms with Crippen LogP contribution in [0.25, 0.3) is 0 Å². The summed E-state index contributed by atoms with van der Waals surface area (Å²) in [6.45, 7) is 10.1. The fourth-order valence-electron chi connectivity index (χ4n) is 3.32. The Morgan fingerprint density at radius 3 is 2.32 bits per heavy atom. The second-order valence-corrected chi connectivity index (χ2v) is 6.66. The van der Waals surface area contributed by atoms with Crippen molar-refractivity contribution in [1.82, 2.24) is 15.5 Å². The van der Waals surface area contributed by atoms with E-state index in [4.69, 9.17) is 4.74 Å². The van der Waals surface area contributed by atoms with Crippen molar-refractivity contribution in [2.75, 3.05) is 19.7 Å². The third-order valence-electron chi connectivity index (χ3n) is 4.62. The number of ether oxygens (including phenoxy) is 1. The summed E-state index contributed by atoms with van der Waals surface area (Å²) in [6.07, 6.45) is 1.22. The molecule has 6 nitrogen and oxygen atoms in total. The molecule has 0 aromatic heterocycles. The van der Waals surface area contributed by atoms with Crippen LogP contribution in [0.5, 0.6) is 0 Å². The number of carbonyl (C=O) groups excluding carboxylic acids is 2. The first-order valence-corrected chi connectivity index (χ1v) is 8.93. The molecule has 6 heteroatoms. The van der Waals surface area contributed by atoms with E-state index in [9.17, 15) is 9.59 Å². The van der Waals surface area contributed by atoms with E-state index in [0.29, 0.717) is 26.2 Å². The highest BCUT2D eigenvalue weighted by molar-refractivity contribution is 5.74. The van der Waals surface area contributed by atoms with Crippen LogP contribution in [0.2, 0.25) is 0 Å². The van der Waals surface area contributed by atoms with E-state index in [0.717, 1.165) is 18.4 Å². The van der Waals surface area contributed by atoms with E-state index in [1.165, 1.54) is 16.7 Å². The van der Waals surface area contributed by atoms with Crippen molar-refractivity contribution in [2.45, 2.75) is 53.1 Å². The molecular formula is C19H29N3O3. The van der Waals surface area contributed by atoms with Gasteiger partial charge in [0.15, 0.2) is 0 Å². The van der Waals surface area contributed by atoms with Gasteiger partial charge in [0.05, 0.1) is 6.61 Å². The van der Waals surface area contributed by atoms with Gasteiger partial charge in [-0.15, -0.1) is 0 Å². The number of carbonyl (C=O) groups is 2. The number of piperidine rings is 1. The van der Waals surface area contributed by atoms with Gasteiger partial charge in [0.25, 0.3) is 0 Å². The summed E-state index contributed by atoms with van der Waals surface area (Å²) in [6, 6.07) is 4.19. The van der Waals surface area contributed by atoms with Crippen LogP contribution >= 0.6 is 0 Å². The number of nitrogens with zero attached hydrogens (tertiary/aromatic N) is 1. The number of benzene rings is 1. The van der Waals surface area contributed by atoms with Gasteiger partial charge in [-0.2, -0.15) is 0 Å². The largest absolute Gasteiger partial charge is 0.450 e. The third-order valence-corrected chi connectivity index (χ3v) is 4.62. The third kappa shape index (κ3) is 5.37. The molecule has 0 bridgehead atoms. The van der Waals surface area contributed by atoms with Gasteiger partial charge < -0.3 is 20.3 Å². The van der Waals surface area contributed by atoms with Crippen LogP contribution in [0, 0.1) is 20.8 Å². The maximum absolute atomic E-state index is 12.2. The Balaban J connectivity index is 1.78. The lowest BCUT2D eigenvalue weighted by Gasteiger charge is -2.31. The number of rotatable bonds is 4. The number of hydrogen-bond donors (Lipinski definition) is 2. The van der Waals surface area contributed by atoms with Crippen LogP contribution in [0.3, 0.4) is 0 Å². The van der Waals surface area contributed by atoms with Gasteiger partial charge in [-0.3, -0.25) is 0 Å². The first-order chi connectivity index (χ1) is 11.9. The van der Waals surface area contributed by atoms with Crippen molar-refractivity contribution in [2.24, 2.45) is 0 Å². The number of aryl methyl sites for hydroxylation is 3. The molecule has 0 unspecified atom stereocenters. The molecule has 1 saturated heterocycles. The van der Waals surface area contributed by atoms with Gasteiger partial charge in [-0.25, -0.2) is 9.59 Å². The van der Waals surface area contributed by atoms with Gasteiger partial charge in [0, 0.05) is 25.7 Å². The number of nitrogens with one attached hydrogen (secondary N) is 2. The van der Waals surface area contributed by atoms with Crippen molar-refractivity contribution in [3.63, 3.8) is 0 Å². The minimum Gasteiger partial charge on any atom is -0.450 e. The Hall–Kier alpha value is -2.24. The molecule has 0 saturated carbocycles. The molecule has 0 spiro atoms. The zero-order chi connectivity index (χ0) is 18.4. The fourth-order valence-corrected chi connectivity index (χ4v) is 3.32. The summed E-state index contributed by atoms with van der Waals surface area (Å²) >= 11 is 0. The van der Waals surface area contributed by atoms with Crippen LogP contribution in [-0.4, -0.2) is 42.8 Å². The summed E-state index contributed by atoms with van der Waals surface area (Å²) in [4.78, 5) is 25.5. The molecule has 0 aliphatic carbocycles. The second-order valence-electron chi connectivity index (χ2n) is 6.66. The van der Waals surface area contributed by atoms with Crippen molar-refractivity contribution in [1.29, 1.82) is 0 Å². The zero-order valence-electron chi connectivity index (χ0n) is 15.6. The van der Waals surface area contributed by atoms with Crippen LogP contribution < -0.4 is 10.6 Å². The van der Waals surface area contributed by atoms with Gasteiger partial charge in [-0.05, 0) is 57.2 Å². The molecule has 3 amide bonds. The maximum Gasteiger partial charge on any atom is 0.409 e. The minimum absolute atomic E-state index is 0.0888. The summed E-state index contributed by atoms with van der Waals surface area (Å²) in [5.74, 6) is 0. The van der Waals surface area contributed by atoms with Crippen molar-refractivity contribution >= 4 is 12.1 Å². The van der Waals surface area contributed by atoms with Crippen LogP contribution in [0.15, 0.2) is 12.1 Å². The average Bonchev–Trinajstić information content (AvgIpc) is 2.54. The van der Waals surface area contributed by atoms with Gasteiger partial charge in [-0.1, -0.05) is 17.7 Å². The van der Waals surface area contributed by atoms with Crippen molar-refractivity contribution in [3.8, 4) is 0 Å². The topological polar surface area (TPSA) is 70.7 Å². The lowest BCUT2D eigenvalue weighted by molar-refractivity contribution is 0.0957. The lowest BCUT2D eigenvalue weighted by Crippen LogP contribution is -2.49. The molecule has 1 aliphatic rings. The highest BCUT2D eigenvalue weighted by Gasteiger charge is 2.24. The molecule has 0 atom stereocenters. The van der Waals surface area contributed by atoms with E-state index in [1.54, 1.807) is 11.8 Å². The zero-order valence-corrected chi connectivity index (χ0v) is 15.6. The van der Waals surface area contributed by atoms with E-state index >= 15 is 0 Å². The van der Waals surface area contributed by atoms with Crippen LogP contribution in [0.1, 0.15) is 42.0 Å². The SMILES string of the molecule is CCOC(=O)N1CCC(NC(=O)NCc2c(C)cc(C)cc2C)CC1. The van der Waals surface area contributed by atoms with Gasteiger partial charge in [0.1, 0.15) is 0 Å². The van der Waals surface area contributed by atoms with Gasteiger partial charge >= 0.3 is 12.1 Å². The summed E-state index contributed by atoms with van der Waals surface area (Å²) in [5.41, 5.74) is 4.79. The predicted octanol–water partition coefficient (Wildman–Crippen LogP) is 3.03. The number of likely N-dealkylation sites (tertiary alicyclic amines) is 1. The summed E-state index contributed by atoms with van der Waals surface area (Å²) in [7, 11) is 0. The molecule has 0 radical (unpaired) electrons. The molecule has 25 heavy (non-hydrogen) atoms. The Morgan fingerprint density at radius 2 is 1.76 bits per heavy atom. The number of urea groups is 1. The van der Waals surface area contributed by atoms with Crippen LogP contribution in [0.4, 0.5) is 9.59 Å². The number of amides is 3. The molecular weight excluding hydrogens is 318 g/mol. The van der Waals surface area contributed by atoms with Crippen molar-refractivity contribution in [3.05, 3.63) is 34.4 Å². The molecule has 138 valence electrons. The first-order valence-electron chi connectivity index (χ1n) is 8.93. The highest BCUT2D eigenvalue weighted by atomic mass is 16.6. The summed E-state index contributed by atoms with van der Waals surface area (Å²) in [5, 5.41) is 5.95. The Bertz CT molecular complexity index is 599.